The van der Waals surface area contributed by atoms with Gasteiger partial charge in [0.2, 0.25) is 11.9 Å². The molecule has 8 nitrogen and oxygen atoms in total. The highest BCUT2D eigenvalue weighted by Crippen LogP contribution is 2.14. The molecule has 0 spiro atoms. The second-order valence-electron chi connectivity index (χ2n) is 5.17. The number of piperazine rings is 1. The largest absolute Gasteiger partial charge is 0.382 e. The first-order chi connectivity index (χ1) is 12.2. The lowest BCUT2D eigenvalue weighted by Gasteiger charge is -2.34. The molecule has 0 amide bonds. The lowest BCUT2D eigenvalue weighted by molar-refractivity contribution is -0.0788. The van der Waals surface area contributed by atoms with E-state index in [2.05, 4.69) is 29.8 Å². The molecule has 0 aromatic carbocycles. The first-order valence-electron chi connectivity index (χ1n) is 8.11. The summed E-state index contributed by atoms with van der Waals surface area (Å²) >= 11 is 0. The lowest BCUT2D eigenvalue weighted by Crippen LogP contribution is -2.47. The maximum Gasteiger partial charge on any atom is 0.382 e. The summed E-state index contributed by atoms with van der Waals surface area (Å²) in [5, 5.41) is 0. The van der Waals surface area contributed by atoms with Gasteiger partial charge in [-0.3, -0.25) is 0 Å². The number of hydrogen-bond acceptors (Lipinski definition) is 8. The number of hydrogen-bond donors (Lipinski definition) is 0. The average molecular weight is 348 g/mol. The van der Waals surface area contributed by atoms with Crippen LogP contribution < -0.4 is 9.80 Å². The van der Waals surface area contributed by atoms with Crippen LogP contribution in [0.3, 0.4) is 0 Å². The Morgan fingerprint density at radius 1 is 0.920 bits per heavy atom. The molecular weight excluding hydrogens is 327 g/mol. The monoisotopic (exact) mass is 348 g/mol. The van der Waals surface area contributed by atoms with E-state index in [0.717, 1.165) is 18.7 Å². The van der Waals surface area contributed by atoms with Crippen molar-refractivity contribution in [1.82, 2.24) is 19.9 Å². The van der Waals surface area contributed by atoms with Crippen molar-refractivity contribution in [2.45, 2.75) is 20.8 Å². The Kier molecular flexibility index (Phi) is 6.55. The Bertz CT molecular complexity index is 672. The van der Waals surface area contributed by atoms with Gasteiger partial charge in [0.15, 0.2) is 0 Å². The second kappa shape index (κ2) is 8.86. The molecule has 2 aromatic heterocycles. The van der Waals surface area contributed by atoms with Gasteiger partial charge >= 0.3 is 5.97 Å². The van der Waals surface area contributed by atoms with E-state index in [1.54, 1.807) is 12.4 Å². The number of halogens is 1. The normalized spacial score (nSPS) is 13.8. The van der Waals surface area contributed by atoms with Gasteiger partial charge in [-0.05, 0) is 12.5 Å². The number of anilines is 2. The van der Waals surface area contributed by atoms with Crippen molar-refractivity contribution in [1.29, 1.82) is 0 Å². The maximum atomic E-state index is 11.8. The molecule has 1 aliphatic rings. The fourth-order valence-corrected chi connectivity index (χ4v) is 2.29. The molecule has 9 heteroatoms. The Hall–Kier alpha value is -2.84. The quantitative estimate of drug-likeness (QED) is 0.832. The first kappa shape index (κ1) is 18.5. The zero-order chi connectivity index (χ0) is 18.2. The Morgan fingerprint density at radius 2 is 1.32 bits per heavy atom. The minimum Gasteiger partial charge on any atom is -0.337 e. The highest BCUT2D eigenvalue weighted by Gasteiger charge is 2.21. The van der Waals surface area contributed by atoms with Crippen LogP contribution in [0.25, 0.3) is 0 Å². The van der Waals surface area contributed by atoms with E-state index in [0.29, 0.717) is 25.0 Å². The zero-order valence-corrected chi connectivity index (χ0v) is 14.5. The molecule has 0 aliphatic carbocycles. The van der Waals surface area contributed by atoms with E-state index in [1.165, 1.54) is 12.4 Å². The summed E-state index contributed by atoms with van der Waals surface area (Å²) in [4.78, 5) is 35.0. The predicted octanol–water partition coefficient (Wildman–Crippen LogP) is 1.97. The van der Waals surface area contributed by atoms with Crippen LogP contribution in [-0.4, -0.2) is 52.1 Å². The van der Waals surface area contributed by atoms with Crippen molar-refractivity contribution in [2.75, 3.05) is 36.0 Å². The molecule has 1 aliphatic heterocycles. The summed E-state index contributed by atoms with van der Waals surface area (Å²) in [6.07, 6.45) is 6.08. The van der Waals surface area contributed by atoms with Gasteiger partial charge in [-0.2, -0.15) is 0 Å². The molecule has 2 aromatic rings. The maximum absolute atomic E-state index is 11.8. The molecule has 0 N–H and O–H groups in total. The van der Waals surface area contributed by atoms with Gasteiger partial charge in [0, 0.05) is 55.5 Å². The third-order valence-corrected chi connectivity index (χ3v) is 3.56. The molecule has 0 atom stereocenters. The molecule has 1 fully saturated rings. The van der Waals surface area contributed by atoms with Crippen LogP contribution in [0.4, 0.5) is 16.4 Å². The second-order valence-corrected chi connectivity index (χ2v) is 5.17. The Balaban J connectivity index is 0.00000109. The SMILES string of the molecule is CC.Cc1cnc(N2CCN(c3ncc(C(=O)OF)cn3)CC2)nc1. The summed E-state index contributed by atoms with van der Waals surface area (Å²) in [6.45, 7) is 8.82. The van der Waals surface area contributed by atoms with Crippen LogP contribution in [0, 0.1) is 6.92 Å². The molecule has 134 valence electrons. The standard InChI is InChI=1S/C14H15FN6O2.C2H6/c1-10-6-16-13(17-7-10)20-2-4-21(5-3-20)14-18-8-11(9-19-14)12(22)23-15;1-2/h6-9H,2-5H2,1H3;1-2H3. The topological polar surface area (TPSA) is 84.3 Å². The van der Waals surface area contributed by atoms with Gasteiger partial charge in [0.05, 0.1) is 0 Å². The molecule has 1 saturated heterocycles. The van der Waals surface area contributed by atoms with Crippen LogP contribution in [0.15, 0.2) is 24.8 Å². The van der Waals surface area contributed by atoms with Crippen LogP contribution in [0.2, 0.25) is 0 Å². The van der Waals surface area contributed by atoms with Crippen LogP contribution >= 0.6 is 0 Å². The van der Waals surface area contributed by atoms with Crippen molar-refractivity contribution in [3.8, 4) is 0 Å². The number of carbonyl (C=O) groups is 1. The van der Waals surface area contributed by atoms with Crippen LogP contribution in [0.5, 0.6) is 0 Å². The highest BCUT2D eigenvalue weighted by molar-refractivity contribution is 5.88. The first-order valence-corrected chi connectivity index (χ1v) is 8.11. The number of nitrogens with zero attached hydrogens (tertiary/aromatic N) is 6. The fraction of sp³-hybridized carbons (Fsp3) is 0.438. The molecule has 0 unspecified atom stereocenters. The summed E-state index contributed by atoms with van der Waals surface area (Å²) < 4.78 is 11.8. The third-order valence-electron chi connectivity index (χ3n) is 3.56. The summed E-state index contributed by atoms with van der Waals surface area (Å²) in [5.41, 5.74) is 0.996. The van der Waals surface area contributed by atoms with Gasteiger partial charge < -0.3 is 9.80 Å². The molecule has 25 heavy (non-hydrogen) atoms. The van der Waals surface area contributed by atoms with Crippen LogP contribution in [0.1, 0.15) is 29.8 Å². The van der Waals surface area contributed by atoms with E-state index in [9.17, 15) is 9.32 Å². The van der Waals surface area contributed by atoms with E-state index in [1.807, 2.05) is 25.7 Å². The minimum absolute atomic E-state index is 0.0251. The summed E-state index contributed by atoms with van der Waals surface area (Å²) in [6, 6.07) is 0. The van der Waals surface area contributed by atoms with Crippen molar-refractivity contribution >= 4 is 17.9 Å². The Morgan fingerprint density at radius 3 is 1.72 bits per heavy atom. The van der Waals surface area contributed by atoms with E-state index in [4.69, 9.17) is 0 Å². The molecule has 0 saturated carbocycles. The van der Waals surface area contributed by atoms with Gasteiger partial charge in [-0.15, -0.1) is 0 Å². The Labute approximate surface area is 145 Å². The molecule has 0 radical (unpaired) electrons. The lowest BCUT2D eigenvalue weighted by atomic mass is 10.3. The average Bonchev–Trinajstić information content (AvgIpc) is 2.70. The van der Waals surface area contributed by atoms with Gasteiger partial charge in [0.25, 0.3) is 0 Å². The smallest absolute Gasteiger partial charge is 0.337 e. The molecular formula is C16H21FN6O2. The van der Waals surface area contributed by atoms with Crippen LogP contribution in [-0.2, 0) is 4.94 Å². The van der Waals surface area contributed by atoms with E-state index in [-0.39, 0.29) is 5.56 Å². The van der Waals surface area contributed by atoms with Crippen molar-refractivity contribution in [3.05, 3.63) is 35.9 Å². The van der Waals surface area contributed by atoms with E-state index < -0.39 is 5.97 Å². The third kappa shape index (κ3) is 4.59. The van der Waals surface area contributed by atoms with Gasteiger partial charge in [-0.25, -0.2) is 29.7 Å². The van der Waals surface area contributed by atoms with Gasteiger partial charge in [0.1, 0.15) is 5.56 Å². The highest BCUT2D eigenvalue weighted by atomic mass is 19.3. The van der Waals surface area contributed by atoms with Crippen molar-refractivity contribution in [2.24, 2.45) is 0 Å². The number of aromatic nitrogens is 4. The summed E-state index contributed by atoms with van der Waals surface area (Å²) in [7, 11) is 0. The molecule has 3 heterocycles. The summed E-state index contributed by atoms with van der Waals surface area (Å²) in [5.74, 6) is 0.0972. The molecule has 3 rings (SSSR count). The number of rotatable bonds is 3. The number of aryl methyl sites for hydroxylation is 1. The predicted molar refractivity (Wildman–Crippen MR) is 91.1 cm³/mol. The number of carbonyl (C=O) groups excluding carboxylic acids is 1. The van der Waals surface area contributed by atoms with Crippen molar-refractivity contribution in [3.63, 3.8) is 0 Å². The van der Waals surface area contributed by atoms with Crippen molar-refractivity contribution < 1.29 is 14.3 Å². The molecule has 0 bridgehead atoms. The van der Waals surface area contributed by atoms with E-state index >= 15 is 0 Å². The fourth-order valence-electron chi connectivity index (χ4n) is 2.29. The van der Waals surface area contributed by atoms with Gasteiger partial charge in [-0.1, -0.05) is 13.8 Å². The minimum atomic E-state index is -1.10. The zero-order valence-electron chi connectivity index (χ0n) is 14.5.